The van der Waals surface area contributed by atoms with E-state index < -0.39 is 5.97 Å². The molecule has 1 aliphatic rings. The van der Waals surface area contributed by atoms with Gasteiger partial charge in [0.2, 0.25) is 0 Å². The molecule has 0 amide bonds. The first-order valence-electron chi connectivity index (χ1n) is 4.67. The van der Waals surface area contributed by atoms with Crippen LogP contribution in [0.4, 0.5) is 0 Å². The highest BCUT2D eigenvalue weighted by molar-refractivity contribution is 6.31. The molecule has 2 nitrogen and oxygen atoms in total. The highest BCUT2D eigenvalue weighted by Crippen LogP contribution is 2.30. The van der Waals surface area contributed by atoms with E-state index in [0.29, 0.717) is 12.8 Å². The van der Waals surface area contributed by atoms with Crippen LogP contribution in [0.3, 0.4) is 0 Å². The second-order valence-electron chi connectivity index (χ2n) is 3.66. The number of carboxylic acids is 1. The third kappa shape index (κ3) is 1.62. The summed E-state index contributed by atoms with van der Waals surface area (Å²) in [5.74, 6) is -0.934. The van der Waals surface area contributed by atoms with Crippen molar-refractivity contribution in [2.45, 2.75) is 19.3 Å². The molecule has 74 valence electrons. The van der Waals surface area contributed by atoms with E-state index in [4.69, 9.17) is 16.7 Å². The molecule has 0 saturated heterocycles. The van der Waals surface area contributed by atoms with E-state index >= 15 is 0 Å². The molecule has 1 aromatic rings. The number of benzene rings is 1. The molecule has 2 rings (SSSR count). The highest BCUT2D eigenvalue weighted by atomic mass is 35.5. The van der Waals surface area contributed by atoms with Gasteiger partial charge in [-0.15, -0.1) is 0 Å². The molecule has 1 aliphatic carbocycles. The third-order valence-electron chi connectivity index (χ3n) is 2.77. The Kier molecular flexibility index (Phi) is 2.46. The number of fused-ring (bicyclic) bond motifs is 1. The summed E-state index contributed by atoms with van der Waals surface area (Å²) in [6.07, 6.45) is 2.10. The van der Waals surface area contributed by atoms with Gasteiger partial charge in [0.25, 0.3) is 0 Å². The minimum Gasteiger partial charge on any atom is -0.481 e. The smallest absolute Gasteiger partial charge is 0.306 e. The summed E-state index contributed by atoms with van der Waals surface area (Å²) >= 11 is 6.02. The number of aliphatic carboxylic acids is 1. The fourth-order valence-corrected chi connectivity index (χ4v) is 2.26. The number of rotatable bonds is 1. The first-order chi connectivity index (χ1) is 6.68. The van der Waals surface area contributed by atoms with Crippen molar-refractivity contribution in [1.82, 2.24) is 0 Å². The Balaban J connectivity index is 2.31. The Morgan fingerprint density at radius 3 is 3.00 bits per heavy atom. The molecule has 0 heterocycles. The van der Waals surface area contributed by atoms with Crippen LogP contribution in [0.2, 0.25) is 5.02 Å². The Labute approximate surface area is 87.5 Å². The molecule has 1 N–H and O–H groups in total. The SMILES string of the molecule is O=C(O)C1CCc2c(Cl)cccc2C1. The van der Waals surface area contributed by atoms with Crippen LogP contribution < -0.4 is 0 Å². The monoisotopic (exact) mass is 210 g/mol. The summed E-state index contributed by atoms with van der Waals surface area (Å²) in [6.45, 7) is 0. The molecule has 0 fully saturated rings. The fraction of sp³-hybridized carbons (Fsp3) is 0.364. The normalized spacial score (nSPS) is 20.2. The van der Waals surface area contributed by atoms with Gasteiger partial charge in [0.05, 0.1) is 5.92 Å². The lowest BCUT2D eigenvalue weighted by Crippen LogP contribution is -2.22. The quantitative estimate of drug-likeness (QED) is 0.774. The lowest BCUT2D eigenvalue weighted by Gasteiger charge is -2.22. The van der Waals surface area contributed by atoms with Crippen molar-refractivity contribution in [3.63, 3.8) is 0 Å². The van der Waals surface area contributed by atoms with Crippen LogP contribution in [0.25, 0.3) is 0 Å². The second-order valence-corrected chi connectivity index (χ2v) is 4.06. The molecule has 1 unspecified atom stereocenters. The van der Waals surface area contributed by atoms with Crippen molar-refractivity contribution >= 4 is 17.6 Å². The Hall–Kier alpha value is -1.02. The second kappa shape index (κ2) is 3.62. The Morgan fingerprint density at radius 1 is 1.50 bits per heavy atom. The lowest BCUT2D eigenvalue weighted by atomic mass is 9.84. The van der Waals surface area contributed by atoms with Crippen molar-refractivity contribution in [1.29, 1.82) is 0 Å². The van der Waals surface area contributed by atoms with E-state index in [-0.39, 0.29) is 5.92 Å². The molecule has 0 saturated carbocycles. The van der Waals surface area contributed by atoms with E-state index in [1.54, 1.807) is 0 Å². The van der Waals surface area contributed by atoms with Crippen LogP contribution >= 0.6 is 11.6 Å². The summed E-state index contributed by atoms with van der Waals surface area (Å²) in [4.78, 5) is 10.8. The molecule has 0 aromatic heterocycles. The van der Waals surface area contributed by atoms with Crippen molar-refractivity contribution in [3.05, 3.63) is 34.3 Å². The van der Waals surface area contributed by atoms with Crippen LogP contribution in [-0.4, -0.2) is 11.1 Å². The van der Waals surface area contributed by atoms with E-state index in [2.05, 4.69) is 0 Å². The fourth-order valence-electron chi connectivity index (χ4n) is 1.97. The van der Waals surface area contributed by atoms with E-state index in [0.717, 1.165) is 22.6 Å². The molecule has 1 atom stereocenters. The zero-order valence-corrected chi connectivity index (χ0v) is 8.42. The summed E-state index contributed by atoms with van der Waals surface area (Å²) < 4.78 is 0. The molecule has 3 heteroatoms. The summed E-state index contributed by atoms with van der Waals surface area (Å²) in [5.41, 5.74) is 2.22. The van der Waals surface area contributed by atoms with Gasteiger partial charge in [-0.05, 0) is 36.5 Å². The number of carboxylic acid groups (broad SMARTS) is 1. The zero-order chi connectivity index (χ0) is 10.1. The van der Waals surface area contributed by atoms with Crippen molar-refractivity contribution < 1.29 is 9.90 Å². The van der Waals surface area contributed by atoms with Gasteiger partial charge in [0, 0.05) is 5.02 Å². The predicted octanol–water partition coefficient (Wildman–Crippen LogP) is 2.53. The largest absolute Gasteiger partial charge is 0.481 e. The maximum absolute atomic E-state index is 10.8. The van der Waals surface area contributed by atoms with E-state index in [9.17, 15) is 4.79 Å². The zero-order valence-electron chi connectivity index (χ0n) is 7.66. The summed E-state index contributed by atoms with van der Waals surface area (Å²) in [5, 5.41) is 9.67. The third-order valence-corrected chi connectivity index (χ3v) is 3.13. The van der Waals surface area contributed by atoms with Crippen molar-refractivity contribution in [2.75, 3.05) is 0 Å². The van der Waals surface area contributed by atoms with Crippen LogP contribution in [0, 0.1) is 5.92 Å². The van der Waals surface area contributed by atoms with Crippen LogP contribution in [0.5, 0.6) is 0 Å². The summed E-state index contributed by atoms with van der Waals surface area (Å²) in [7, 11) is 0. The Bertz CT molecular complexity index is 374. The lowest BCUT2D eigenvalue weighted by molar-refractivity contribution is -0.142. The average molecular weight is 211 g/mol. The number of carbonyl (C=O) groups is 1. The van der Waals surface area contributed by atoms with Gasteiger partial charge in [-0.3, -0.25) is 4.79 Å². The van der Waals surface area contributed by atoms with Crippen LogP contribution in [-0.2, 0) is 17.6 Å². The van der Waals surface area contributed by atoms with Gasteiger partial charge >= 0.3 is 5.97 Å². The van der Waals surface area contributed by atoms with Crippen molar-refractivity contribution in [2.24, 2.45) is 5.92 Å². The van der Waals surface area contributed by atoms with E-state index in [1.165, 1.54) is 0 Å². The van der Waals surface area contributed by atoms with Crippen molar-refractivity contribution in [3.8, 4) is 0 Å². The highest BCUT2D eigenvalue weighted by Gasteiger charge is 2.24. The molecule has 0 bridgehead atoms. The first-order valence-corrected chi connectivity index (χ1v) is 5.05. The van der Waals surface area contributed by atoms with Gasteiger partial charge in [-0.1, -0.05) is 23.7 Å². The van der Waals surface area contributed by atoms with Gasteiger partial charge in [0.15, 0.2) is 0 Å². The number of halogens is 1. The molecular formula is C11H11ClO2. The maximum atomic E-state index is 10.8. The Morgan fingerprint density at radius 2 is 2.29 bits per heavy atom. The maximum Gasteiger partial charge on any atom is 0.306 e. The van der Waals surface area contributed by atoms with Crippen LogP contribution in [0.15, 0.2) is 18.2 Å². The molecule has 0 spiro atoms. The van der Waals surface area contributed by atoms with Gasteiger partial charge in [-0.2, -0.15) is 0 Å². The van der Waals surface area contributed by atoms with Gasteiger partial charge in [0.1, 0.15) is 0 Å². The standard InChI is InChI=1S/C11H11ClO2/c12-10-3-1-2-7-6-8(11(13)14)4-5-9(7)10/h1-3,8H,4-6H2,(H,13,14). The number of hydrogen-bond acceptors (Lipinski definition) is 1. The minimum absolute atomic E-state index is 0.235. The van der Waals surface area contributed by atoms with Crippen LogP contribution in [0.1, 0.15) is 17.5 Å². The molecule has 1 aromatic carbocycles. The molecular weight excluding hydrogens is 200 g/mol. The first kappa shape index (κ1) is 9.53. The summed E-state index contributed by atoms with van der Waals surface area (Å²) in [6, 6.07) is 5.71. The topological polar surface area (TPSA) is 37.3 Å². The van der Waals surface area contributed by atoms with E-state index in [1.807, 2.05) is 18.2 Å². The molecule has 0 radical (unpaired) electrons. The predicted molar refractivity (Wildman–Crippen MR) is 54.6 cm³/mol. The minimum atomic E-state index is -0.698. The van der Waals surface area contributed by atoms with Gasteiger partial charge < -0.3 is 5.11 Å². The molecule has 0 aliphatic heterocycles. The average Bonchev–Trinajstić information content (AvgIpc) is 2.17. The van der Waals surface area contributed by atoms with Gasteiger partial charge in [-0.25, -0.2) is 0 Å². The molecule has 14 heavy (non-hydrogen) atoms. The number of hydrogen-bond donors (Lipinski definition) is 1.